The van der Waals surface area contributed by atoms with Gasteiger partial charge in [-0.25, -0.2) is 0 Å². The molecule has 0 aromatic heterocycles. The Morgan fingerprint density at radius 1 is 1.83 bits per heavy atom. The highest BCUT2D eigenvalue weighted by atomic mass is 35.5. The largest absolute Gasteiger partial charge is 0.122 e. The molecule has 0 heterocycles. The topological polar surface area (TPSA) is 0 Å². The van der Waals surface area contributed by atoms with Gasteiger partial charge in [-0.05, 0) is 6.92 Å². The third kappa shape index (κ3) is 5.01. The molecular formula is C3H7Cl2P. The second kappa shape index (κ2) is 4.18. The standard InChI is InChI=1S/C3H7Cl2P/c1-3(5)6-2-4/h3,6H,2H2,1H3. The molecule has 0 nitrogen and oxygen atoms in total. The highest BCUT2D eigenvalue weighted by Crippen LogP contribution is 2.21. The van der Waals surface area contributed by atoms with E-state index in [1.807, 2.05) is 6.92 Å². The Kier molecular flexibility index (Phi) is 4.88. The highest BCUT2D eigenvalue weighted by molar-refractivity contribution is 7.43. The second-order valence-electron chi connectivity index (χ2n) is 0.954. The molecule has 0 fully saturated rings. The van der Waals surface area contributed by atoms with Crippen molar-refractivity contribution in [3.63, 3.8) is 0 Å². The summed E-state index contributed by atoms with van der Waals surface area (Å²) in [5.41, 5.74) is 0.699. The SMILES string of the molecule is CC(Cl)PCCl. The van der Waals surface area contributed by atoms with Crippen molar-refractivity contribution in [3.8, 4) is 0 Å². The van der Waals surface area contributed by atoms with Crippen molar-refractivity contribution in [2.24, 2.45) is 0 Å². The molecule has 2 unspecified atom stereocenters. The second-order valence-corrected chi connectivity index (χ2v) is 4.32. The van der Waals surface area contributed by atoms with E-state index in [-0.39, 0.29) is 5.12 Å². The van der Waals surface area contributed by atoms with Gasteiger partial charge in [0, 0.05) is 10.7 Å². The van der Waals surface area contributed by atoms with Gasteiger partial charge in [0.15, 0.2) is 0 Å². The first-order chi connectivity index (χ1) is 2.77. The van der Waals surface area contributed by atoms with Gasteiger partial charge in [0.2, 0.25) is 0 Å². The third-order valence-corrected chi connectivity index (χ3v) is 2.00. The fourth-order valence-electron chi connectivity index (χ4n) is 0.106. The number of alkyl halides is 2. The lowest BCUT2D eigenvalue weighted by Crippen LogP contribution is -1.74. The van der Waals surface area contributed by atoms with E-state index in [1.54, 1.807) is 0 Å². The molecule has 6 heavy (non-hydrogen) atoms. The number of halogens is 2. The minimum Gasteiger partial charge on any atom is -0.122 e. The molecule has 0 aliphatic heterocycles. The van der Waals surface area contributed by atoms with Crippen LogP contribution in [0.1, 0.15) is 6.92 Å². The summed E-state index contributed by atoms with van der Waals surface area (Å²) in [6.45, 7) is 1.95. The van der Waals surface area contributed by atoms with Crippen molar-refractivity contribution >= 4 is 31.8 Å². The molecule has 0 aromatic carbocycles. The Morgan fingerprint density at radius 2 is 2.33 bits per heavy atom. The van der Waals surface area contributed by atoms with Gasteiger partial charge < -0.3 is 0 Å². The fourth-order valence-corrected chi connectivity index (χ4v) is 1.48. The average Bonchev–Trinajstić information content (AvgIpc) is 1.35. The molecule has 3 heteroatoms. The van der Waals surface area contributed by atoms with Crippen LogP contribution in [0.5, 0.6) is 0 Å². The normalized spacial score (nSPS) is 16.5. The Labute approximate surface area is 50.0 Å². The molecule has 0 rings (SSSR count). The minimum absolute atomic E-state index is 0.266. The first kappa shape index (κ1) is 7.01. The predicted molar refractivity (Wildman–Crippen MR) is 34.4 cm³/mol. The van der Waals surface area contributed by atoms with Crippen LogP contribution in [0.4, 0.5) is 0 Å². The van der Waals surface area contributed by atoms with Gasteiger partial charge >= 0.3 is 0 Å². The van der Waals surface area contributed by atoms with Crippen LogP contribution in [0.25, 0.3) is 0 Å². The molecule has 0 aliphatic rings. The molecule has 0 spiro atoms. The van der Waals surface area contributed by atoms with Gasteiger partial charge in [-0.1, -0.05) is 8.58 Å². The zero-order valence-electron chi connectivity index (χ0n) is 3.54. The maximum absolute atomic E-state index is 5.51. The minimum atomic E-state index is 0.266. The van der Waals surface area contributed by atoms with Crippen molar-refractivity contribution in [1.82, 2.24) is 0 Å². The van der Waals surface area contributed by atoms with Crippen molar-refractivity contribution in [1.29, 1.82) is 0 Å². The highest BCUT2D eigenvalue weighted by Gasteiger charge is 1.89. The van der Waals surface area contributed by atoms with E-state index < -0.39 is 0 Å². The number of hydrogen-bond acceptors (Lipinski definition) is 0. The summed E-state index contributed by atoms with van der Waals surface area (Å²) in [6.07, 6.45) is 0. The summed E-state index contributed by atoms with van der Waals surface area (Å²) in [5, 5.41) is 0.266. The van der Waals surface area contributed by atoms with E-state index in [1.165, 1.54) is 0 Å². The molecule has 0 amide bonds. The summed E-state index contributed by atoms with van der Waals surface area (Å²) in [5.74, 6) is 0. The molecule has 0 aliphatic carbocycles. The molecule has 2 atom stereocenters. The van der Waals surface area contributed by atoms with Crippen LogP contribution in [-0.2, 0) is 0 Å². The molecule has 0 saturated carbocycles. The lowest BCUT2D eigenvalue weighted by atomic mass is 11.0. The van der Waals surface area contributed by atoms with E-state index in [9.17, 15) is 0 Å². The quantitative estimate of drug-likeness (QED) is 0.413. The van der Waals surface area contributed by atoms with Crippen molar-refractivity contribution in [3.05, 3.63) is 0 Å². The predicted octanol–water partition coefficient (Wildman–Crippen LogP) is 2.45. The molecule has 0 aromatic rings. The lowest BCUT2D eigenvalue weighted by molar-refractivity contribution is 1.39. The van der Waals surface area contributed by atoms with Gasteiger partial charge in [-0.15, -0.1) is 23.2 Å². The fraction of sp³-hybridized carbons (Fsp3) is 1.00. The summed E-state index contributed by atoms with van der Waals surface area (Å²) in [4.78, 5) is 0. The third-order valence-electron chi connectivity index (χ3n) is 0.358. The summed E-state index contributed by atoms with van der Waals surface area (Å²) in [7, 11) is 0.702. The van der Waals surface area contributed by atoms with Crippen LogP contribution in [0.15, 0.2) is 0 Å². The first-order valence-electron chi connectivity index (χ1n) is 1.71. The summed E-state index contributed by atoms with van der Waals surface area (Å²) >= 11 is 10.8. The molecule has 0 N–H and O–H groups in total. The van der Waals surface area contributed by atoms with Crippen molar-refractivity contribution < 1.29 is 0 Å². The smallest absolute Gasteiger partial charge is 0.0488 e. The van der Waals surface area contributed by atoms with Gasteiger partial charge in [0.25, 0.3) is 0 Å². The van der Waals surface area contributed by atoms with Crippen molar-refractivity contribution in [2.75, 3.05) is 5.62 Å². The zero-order chi connectivity index (χ0) is 4.99. The molecule has 0 bridgehead atoms. The Balaban J connectivity index is 2.63. The number of hydrogen-bond donors (Lipinski definition) is 0. The Bertz CT molecular complexity index is 30.0. The Morgan fingerprint density at radius 3 is 2.33 bits per heavy atom. The van der Waals surface area contributed by atoms with Gasteiger partial charge in [0.1, 0.15) is 0 Å². The summed E-state index contributed by atoms with van der Waals surface area (Å²) in [6, 6.07) is 0. The molecule has 38 valence electrons. The molecule has 0 radical (unpaired) electrons. The van der Waals surface area contributed by atoms with Crippen LogP contribution in [0, 0.1) is 0 Å². The van der Waals surface area contributed by atoms with Crippen LogP contribution < -0.4 is 0 Å². The maximum atomic E-state index is 5.51. The maximum Gasteiger partial charge on any atom is 0.0488 e. The molecular weight excluding hydrogens is 138 g/mol. The van der Waals surface area contributed by atoms with E-state index >= 15 is 0 Å². The van der Waals surface area contributed by atoms with Gasteiger partial charge in [-0.2, -0.15) is 0 Å². The average molecular weight is 145 g/mol. The lowest BCUT2D eigenvalue weighted by Gasteiger charge is -1.92. The zero-order valence-corrected chi connectivity index (χ0v) is 6.05. The van der Waals surface area contributed by atoms with Crippen LogP contribution >= 0.6 is 31.8 Å². The monoisotopic (exact) mass is 144 g/mol. The van der Waals surface area contributed by atoms with Crippen LogP contribution in [0.3, 0.4) is 0 Å². The Hall–Kier alpha value is 1.01. The van der Waals surface area contributed by atoms with Crippen molar-refractivity contribution in [2.45, 2.75) is 12.0 Å². The van der Waals surface area contributed by atoms with Crippen LogP contribution in [-0.4, -0.2) is 10.7 Å². The van der Waals surface area contributed by atoms with E-state index in [4.69, 9.17) is 23.2 Å². The van der Waals surface area contributed by atoms with E-state index in [2.05, 4.69) is 0 Å². The van der Waals surface area contributed by atoms with E-state index in [0.29, 0.717) is 14.2 Å². The van der Waals surface area contributed by atoms with Gasteiger partial charge in [-0.3, -0.25) is 0 Å². The first-order valence-corrected chi connectivity index (χ1v) is 3.96. The van der Waals surface area contributed by atoms with Gasteiger partial charge in [0.05, 0.1) is 0 Å². The number of rotatable bonds is 2. The summed E-state index contributed by atoms with van der Waals surface area (Å²) < 4.78 is 0. The van der Waals surface area contributed by atoms with Crippen LogP contribution in [0.2, 0.25) is 0 Å². The molecule has 0 saturated heterocycles. The van der Waals surface area contributed by atoms with E-state index in [0.717, 1.165) is 0 Å².